The van der Waals surface area contributed by atoms with Crippen LogP contribution in [0.5, 0.6) is 11.5 Å². The summed E-state index contributed by atoms with van der Waals surface area (Å²) < 4.78 is 12.2. The van der Waals surface area contributed by atoms with Crippen LogP contribution < -0.4 is 14.4 Å². The minimum atomic E-state index is -0.914. The molecule has 1 fully saturated rings. The number of thiazole rings is 1. The Hall–Kier alpha value is -3.88. The highest BCUT2D eigenvalue weighted by Crippen LogP contribution is 2.45. The number of anilines is 1. The first kappa shape index (κ1) is 25.8. The van der Waals surface area contributed by atoms with Crippen LogP contribution >= 0.6 is 22.9 Å². The normalized spacial score (nSPS) is 16.8. The highest BCUT2D eigenvalue weighted by Gasteiger charge is 2.48. The van der Waals surface area contributed by atoms with Crippen molar-refractivity contribution in [1.29, 1.82) is 0 Å². The van der Waals surface area contributed by atoms with Gasteiger partial charge in [0.2, 0.25) is 0 Å². The number of benzene rings is 3. The monoisotopic (exact) mass is 548 g/mol. The van der Waals surface area contributed by atoms with Gasteiger partial charge in [-0.1, -0.05) is 42.0 Å². The van der Waals surface area contributed by atoms with Crippen molar-refractivity contribution in [3.63, 3.8) is 0 Å². The number of aliphatic hydroxyl groups excluding tert-OH is 1. The number of ether oxygens (including phenoxy) is 2. The Balaban J connectivity index is 1.68. The lowest BCUT2D eigenvalue weighted by Crippen LogP contribution is -2.29. The Morgan fingerprint density at radius 1 is 1.03 bits per heavy atom. The molecule has 1 aliphatic heterocycles. The van der Waals surface area contributed by atoms with Crippen LogP contribution in [0.4, 0.5) is 5.13 Å². The van der Waals surface area contributed by atoms with Crippen molar-refractivity contribution in [1.82, 2.24) is 4.98 Å². The molecular formula is C29H25ClN2O5S. The molecule has 3 aromatic carbocycles. The molecule has 38 heavy (non-hydrogen) atoms. The molecule has 0 spiro atoms. The third-order valence-corrected chi connectivity index (χ3v) is 7.34. The van der Waals surface area contributed by atoms with Crippen LogP contribution in [0, 0.1) is 0 Å². The molecule has 2 heterocycles. The van der Waals surface area contributed by atoms with E-state index >= 15 is 0 Å². The van der Waals surface area contributed by atoms with Gasteiger partial charge in [-0.3, -0.25) is 14.5 Å². The molecule has 1 aliphatic rings. The highest BCUT2D eigenvalue weighted by molar-refractivity contribution is 7.22. The standard InChI is InChI=1S/C29H25ClN2O5S/c1-3-14-37-20-7-5-6-18(15-20)25-24(26(33)17-8-10-19(30)11-9-17)27(34)28(35)32(25)29-31-22-13-12-21(36-4-2)16-23(22)38-29/h5-13,15-16,25,33H,3-4,14H2,1-2H3/b26-24+. The summed E-state index contributed by atoms with van der Waals surface area (Å²) in [7, 11) is 0. The van der Waals surface area contributed by atoms with E-state index in [0.29, 0.717) is 51.5 Å². The molecule has 1 N–H and O–H groups in total. The third kappa shape index (κ3) is 4.85. The molecule has 4 aromatic rings. The summed E-state index contributed by atoms with van der Waals surface area (Å²) in [5.41, 5.74) is 1.63. The third-order valence-electron chi connectivity index (χ3n) is 6.07. The SMILES string of the molecule is CCCOc1cccc(C2/C(=C(\O)c3ccc(Cl)cc3)C(=O)C(=O)N2c2nc3ccc(OCC)cc3s2)c1. The smallest absolute Gasteiger partial charge is 0.301 e. The average Bonchev–Trinajstić information content (AvgIpc) is 3.45. The molecule has 1 amide bonds. The van der Waals surface area contributed by atoms with E-state index in [1.807, 2.05) is 38.1 Å². The molecule has 1 unspecified atom stereocenters. The van der Waals surface area contributed by atoms with Crippen molar-refractivity contribution < 1.29 is 24.2 Å². The van der Waals surface area contributed by atoms with Crippen molar-refractivity contribution in [3.05, 3.63) is 88.5 Å². The van der Waals surface area contributed by atoms with Gasteiger partial charge in [0.15, 0.2) is 5.13 Å². The first-order valence-corrected chi connectivity index (χ1v) is 13.4. The maximum atomic E-state index is 13.5. The Bertz CT molecular complexity index is 1550. The number of nitrogens with zero attached hydrogens (tertiary/aromatic N) is 2. The van der Waals surface area contributed by atoms with Gasteiger partial charge < -0.3 is 14.6 Å². The van der Waals surface area contributed by atoms with E-state index in [1.165, 1.54) is 16.2 Å². The van der Waals surface area contributed by atoms with E-state index in [9.17, 15) is 14.7 Å². The second kappa shape index (κ2) is 10.8. The highest BCUT2D eigenvalue weighted by atomic mass is 35.5. The minimum Gasteiger partial charge on any atom is -0.507 e. The summed E-state index contributed by atoms with van der Waals surface area (Å²) in [6.45, 7) is 4.96. The summed E-state index contributed by atoms with van der Waals surface area (Å²) in [6, 6.07) is 18.2. The van der Waals surface area contributed by atoms with E-state index < -0.39 is 17.7 Å². The predicted octanol–water partition coefficient (Wildman–Crippen LogP) is 6.76. The molecule has 5 rings (SSSR count). The number of aliphatic hydroxyl groups is 1. The van der Waals surface area contributed by atoms with E-state index in [-0.39, 0.29) is 11.3 Å². The van der Waals surface area contributed by atoms with Crippen molar-refractivity contribution in [3.8, 4) is 11.5 Å². The van der Waals surface area contributed by atoms with Gasteiger partial charge in [-0.05, 0) is 73.5 Å². The summed E-state index contributed by atoms with van der Waals surface area (Å²) in [4.78, 5) is 33.0. The number of carbonyl (C=O) groups is 2. The number of fused-ring (bicyclic) bond motifs is 1. The first-order valence-electron chi connectivity index (χ1n) is 12.2. The van der Waals surface area contributed by atoms with Gasteiger partial charge in [0.05, 0.1) is 35.0 Å². The Labute approximate surface area is 228 Å². The van der Waals surface area contributed by atoms with Crippen LogP contribution in [0.25, 0.3) is 16.0 Å². The lowest BCUT2D eigenvalue weighted by Gasteiger charge is -2.23. The molecule has 1 saturated heterocycles. The van der Waals surface area contributed by atoms with E-state index in [2.05, 4.69) is 4.98 Å². The average molecular weight is 549 g/mol. The topological polar surface area (TPSA) is 89.0 Å². The van der Waals surface area contributed by atoms with Crippen LogP contribution in [0.15, 0.2) is 72.3 Å². The fraction of sp³-hybridized carbons (Fsp3) is 0.207. The maximum absolute atomic E-state index is 13.5. The predicted molar refractivity (Wildman–Crippen MR) is 149 cm³/mol. The van der Waals surface area contributed by atoms with Crippen LogP contribution in [-0.4, -0.2) is 35.0 Å². The maximum Gasteiger partial charge on any atom is 0.301 e. The van der Waals surface area contributed by atoms with E-state index in [0.717, 1.165) is 11.1 Å². The van der Waals surface area contributed by atoms with Crippen molar-refractivity contribution in [2.24, 2.45) is 0 Å². The van der Waals surface area contributed by atoms with Gasteiger partial charge in [-0.2, -0.15) is 0 Å². The Morgan fingerprint density at radius 3 is 2.53 bits per heavy atom. The lowest BCUT2D eigenvalue weighted by atomic mass is 9.95. The summed E-state index contributed by atoms with van der Waals surface area (Å²) >= 11 is 7.30. The molecule has 1 atom stereocenters. The number of rotatable bonds is 8. The van der Waals surface area contributed by atoms with Crippen molar-refractivity contribution >= 4 is 55.7 Å². The van der Waals surface area contributed by atoms with Crippen molar-refractivity contribution in [2.45, 2.75) is 26.3 Å². The zero-order valence-corrected chi connectivity index (χ0v) is 22.4. The number of ketones is 1. The molecule has 1 aromatic heterocycles. The van der Waals surface area contributed by atoms with Gasteiger partial charge in [0.1, 0.15) is 17.3 Å². The van der Waals surface area contributed by atoms with Crippen LogP contribution in [0.1, 0.15) is 37.4 Å². The molecule has 194 valence electrons. The minimum absolute atomic E-state index is 0.0285. The van der Waals surface area contributed by atoms with Crippen LogP contribution in [0.3, 0.4) is 0 Å². The molecule has 0 aliphatic carbocycles. The number of amides is 1. The van der Waals surface area contributed by atoms with E-state index in [4.69, 9.17) is 21.1 Å². The molecule has 9 heteroatoms. The second-order valence-electron chi connectivity index (χ2n) is 8.66. The van der Waals surface area contributed by atoms with Gasteiger partial charge >= 0.3 is 5.91 Å². The van der Waals surface area contributed by atoms with Gasteiger partial charge in [-0.25, -0.2) is 4.98 Å². The number of aromatic nitrogens is 1. The first-order chi connectivity index (χ1) is 18.4. The van der Waals surface area contributed by atoms with Crippen LogP contribution in [0.2, 0.25) is 5.02 Å². The largest absolute Gasteiger partial charge is 0.507 e. The van der Waals surface area contributed by atoms with Crippen LogP contribution in [-0.2, 0) is 9.59 Å². The number of hydrogen-bond acceptors (Lipinski definition) is 7. The zero-order chi connectivity index (χ0) is 26.8. The Morgan fingerprint density at radius 2 is 1.79 bits per heavy atom. The van der Waals surface area contributed by atoms with Gasteiger partial charge in [0.25, 0.3) is 5.78 Å². The van der Waals surface area contributed by atoms with Gasteiger partial charge in [-0.15, -0.1) is 0 Å². The zero-order valence-electron chi connectivity index (χ0n) is 20.8. The molecular weight excluding hydrogens is 524 g/mol. The summed E-state index contributed by atoms with van der Waals surface area (Å²) in [6.07, 6.45) is 0.828. The van der Waals surface area contributed by atoms with Crippen molar-refractivity contribution in [2.75, 3.05) is 18.1 Å². The number of hydrogen-bond donors (Lipinski definition) is 1. The second-order valence-corrected chi connectivity index (χ2v) is 10.1. The summed E-state index contributed by atoms with van der Waals surface area (Å²) in [5.74, 6) is -0.553. The summed E-state index contributed by atoms with van der Waals surface area (Å²) in [5, 5.41) is 12.1. The molecule has 0 saturated carbocycles. The van der Waals surface area contributed by atoms with Gasteiger partial charge in [0, 0.05) is 10.6 Å². The fourth-order valence-electron chi connectivity index (χ4n) is 4.36. The van der Waals surface area contributed by atoms with E-state index in [1.54, 1.807) is 42.5 Å². The Kier molecular flexibility index (Phi) is 7.35. The fourth-order valence-corrected chi connectivity index (χ4v) is 5.50. The number of carbonyl (C=O) groups excluding carboxylic acids is 2. The number of Topliss-reactive ketones (excluding diaryl/α,β-unsaturated/α-hetero) is 1. The quantitative estimate of drug-likeness (QED) is 0.149. The molecule has 0 radical (unpaired) electrons. The molecule has 7 nitrogen and oxygen atoms in total. The number of halogens is 1. The molecule has 0 bridgehead atoms. The lowest BCUT2D eigenvalue weighted by molar-refractivity contribution is -0.132.